The average molecular weight is 286 g/mol. The van der Waals surface area contributed by atoms with Crippen LogP contribution in [0.1, 0.15) is 30.5 Å². The molecule has 3 nitrogen and oxygen atoms in total. The lowest BCUT2D eigenvalue weighted by atomic mass is 10.0. The molecule has 0 aliphatic heterocycles. The molecule has 0 bridgehead atoms. The quantitative estimate of drug-likeness (QED) is 0.876. The van der Waals surface area contributed by atoms with Crippen molar-refractivity contribution >= 4 is 11.6 Å². The van der Waals surface area contributed by atoms with E-state index in [2.05, 4.69) is 5.10 Å². The summed E-state index contributed by atoms with van der Waals surface area (Å²) in [7, 11) is 0. The molecule has 2 N–H and O–H groups in total. The number of rotatable bonds is 4. The molecular formula is C13H14ClF2N3. The van der Waals surface area contributed by atoms with E-state index in [1.54, 1.807) is 17.1 Å². The molecule has 2 rings (SSSR count). The third-order valence-corrected chi connectivity index (χ3v) is 3.13. The van der Waals surface area contributed by atoms with Crippen LogP contribution in [0.2, 0.25) is 5.02 Å². The fraction of sp³-hybridized carbons (Fsp3) is 0.308. The summed E-state index contributed by atoms with van der Waals surface area (Å²) in [4.78, 5) is 0. The molecule has 0 saturated carbocycles. The lowest BCUT2D eigenvalue weighted by Crippen LogP contribution is -2.13. The van der Waals surface area contributed by atoms with Crippen LogP contribution in [0.25, 0.3) is 0 Å². The molecule has 102 valence electrons. The fourth-order valence-electron chi connectivity index (χ4n) is 1.85. The highest BCUT2D eigenvalue weighted by atomic mass is 35.5. The minimum atomic E-state index is -0.766. The van der Waals surface area contributed by atoms with Crippen LogP contribution in [-0.2, 0) is 6.54 Å². The Balaban J connectivity index is 2.32. The van der Waals surface area contributed by atoms with Crippen molar-refractivity contribution in [1.82, 2.24) is 9.78 Å². The first-order valence-electron chi connectivity index (χ1n) is 5.95. The minimum absolute atomic E-state index is 0.0675. The smallest absolute Gasteiger partial charge is 0.142 e. The van der Waals surface area contributed by atoms with Crippen LogP contribution >= 0.6 is 11.6 Å². The molecule has 19 heavy (non-hydrogen) atoms. The van der Waals surface area contributed by atoms with Gasteiger partial charge < -0.3 is 5.73 Å². The Morgan fingerprint density at radius 1 is 1.37 bits per heavy atom. The molecule has 1 aromatic carbocycles. The van der Waals surface area contributed by atoms with Gasteiger partial charge in [-0.1, -0.05) is 18.5 Å². The number of halogens is 3. The molecule has 0 spiro atoms. The van der Waals surface area contributed by atoms with Gasteiger partial charge in [0.15, 0.2) is 0 Å². The molecule has 1 atom stereocenters. The number of aryl methyl sites for hydroxylation is 1. The molecule has 1 aromatic heterocycles. The van der Waals surface area contributed by atoms with E-state index in [1.807, 2.05) is 6.92 Å². The topological polar surface area (TPSA) is 43.8 Å². The summed E-state index contributed by atoms with van der Waals surface area (Å²) in [5.74, 6) is -1.31. The maximum atomic E-state index is 13.8. The number of nitrogens with two attached hydrogens (primary N) is 1. The number of aromatic nitrogens is 2. The van der Waals surface area contributed by atoms with Gasteiger partial charge in [0.2, 0.25) is 0 Å². The van der Waals surface area contributed by atoms with E-state index in [-0.39, 0.29) is 10.6 Å². The van der Waals surface area contributed by atoms with Crippen molar-refractivity contribution in [3.63, 3.8) is 0 Å². The van der Waals surface area contributed by atoms with Crippen LogP contribution in [0.4, 0.5) is 8.78 Å². The average Bonchev–Trinajstić information content (AvgIpc) is 2.82. The van der Waals surface area contributed by atoms with Crippen molar-refractivity contribution in [2.75, 3.05) is 0 Å². The van der Waals surface area contributed by atoms with Gasteiger partial charge in [0.05, 0.1) is 17.3 Å². The Kier molecular flexibility index (Phi) is 4.17. The van der Waals surface area contributed by atoms with Gasteiger partial charge in [-0.2, -0.15) is 5.10 Å². The zero-order valence-corrected chi connectivity index (χ0v) is 11.2. The molecule has 0 fully saturated rings. The lowest BCUT2D eigenvalue weighted by molar-refractivity contribution is 0.576. The van der Waals surface area contributed by atoms with Crippen LogP contribution in [0.3, 0.4) is 0 Å². The van der Waals surface area contributed by atoms with Gasteiger partial charge in [0, 0.05) is 23.9 Å². The first-order valence-corrected chi connectivity index (χ1v) is 6.33. The van der Waals surface area contributed by atoms with Gasteiger partial charge in [-0.05, 0) is 18.6 Å². The van der Waals surface area contributed by atoms with Crippen molar-refractivity contribution in [1.29, 1.82) is 0 Å². The van der Waals surface area contributed by atoms with Crippen molar-refractivity contribution in [3.8, 4) is 0 Å². The van der Waals surface area contributed by atoms with Gasteiger partial charge in [0.1, 0.15) is 11.6 Å². The molecule has 0 saturated heterocycles. The van der Waals surface area contributed by atoms with Crippen molar-refractivity contribution in [2.45, 2.75) is 25.9 Å². The highest BCUT2D eigenvalue weighted by molar-refractivity contribution is 6.30. The second-order valence-corrected chi connectivity index (χ2v) is 4.71. The van der Waals surface area contributed by atoms with Crippen LogP contribution in [0, 0.1) is 11.6 Å². The molecule has 6 heteroatoms. The minimum Gasteiger partial charge on any atom is -0.320 e. The van der Waals surface area contributed by atoms with Crippen LogP contribution in [-0.4, -0.2) is 9.78 Å². The van der Waals surface area contributed by atoms with Gasteiger partial charge in [-0.25, -0.2) is 8.78 Å². The second-order valence-electron chi connectivity index (χ2n) is 4.30. The van der Waals surface area contributed by atoms with Crippen molar-refractivity contribution in [3.05, 3.63) is 52.3 Å². The highest BCUT2D eigenvalue weighted by Gasteiger charge is 2.18. The predicted molar refractivity (Wildman–Crippen MR) is 69.9 cm³/mol. The predicted octanol–water partition coefficient (Wildman–Crippen LogP) is 3.27. The highest BCUT2D eigenvalue weighted by Crippen LogP contribution is 2.26. The summed E-state index contributed by atoms with van der Waals surface area (Å²) in [5.41, 5.74) is 6.64. The maximum Gasteiger partial charge on any atom is 0.142 e. The maximum absolute atomic E-state index is 13.8. The largest absolute Gasteiger partial charge is 0.320 e. The summed E-state index contributed by atoms with van der Waals surface area (Å²) in [6, 6.07) is 1.19. The SMILES string of the molecule is CCCn1cc(C(N)c2cc(F)c(Cl)cc2F)cn1. The lowest BCUT2D eigenvalue weighted by Gasteiger charge is -2.11. The van der Waals surface area contributed by atoms with Crippen LogP contribution in [0.15, 0.2) is 24.5 Å². The monoisotopic (exact) mass is 285 g/mol. The molecule has 0 radical (unpaired) electrons. The zero-order chi connectivity index (χ0) is 14.0. The number of hydrogen-bond acceptors (Lipinski definition) is 2. The number of nitrogens with zero attached hydrogens (tertiary/aromatic N) is 2. The van der Waals surface area contributed by atoms with E-state index in [0.717, 1.165) is 25.1 Å². The molecule has 1 unspecified atom stereocenters. The number of benzene rings is 1. The van der Waals surface area contributed by atoms with Gasteiger partial charge in [0.25, 0.3) is 0 Å². The van der Waals surface area contributed by atoms with Crippen LogP contribution < -0.4 is 5.73 Å². The molecule has 2 aromatic rings. The van der Waals surface area contributed by atoms with Gasteiger partial charge in [-0.15, -0.1) is 0 Å². The summed E-state index contributed by atoms with van der Waals surface area (Å²) in [6.07, 6.45) is 4.23. The molecule has 0 amide bonds. The van der Waals surface area contributed by atoms with E-state index in [1.165, 1.54) is 0 Å². The Hall–Kier alpha value is -1.46. The standard InChI is InChI=1S/C13H14ClF2N3/c1-2-3-19-7-8(6-18-19)13(17)9-4-12(16)10(14)5-11(9)15/h4-7,13H,2-3,17H2,1H3. The third kappa shape index (κ3) is 2.93. The Labute approximate surface area is 115 Å². The summed E-state index contributed by atoms with van der Waals surface area (Å²) < 4.78 is 28.9. The second kappa shape index (κ2) is 5.67. The van der Waals surface area contributed by atoms with E-state index < -0.39 is 17.7 Å². The third-order valence-electron chi connectivity index (χ3n) is 2.84. The molecular weight excluding hydrogens is 272 g/mol. The van der Waals surface area contributed by atoms with E-state index in [0.29, 0.717) is 5.56 Å². The molecule has 0 aliphatic rings. The van der Waals surface area contributed by atoms with Crippen molar-refractivity contribution in [2.24, 2.45) is 5.73 Å². The zero-order valence-electron chi connectivity index (χ0n) is 10.4. The van der Waals surface area contributed by atoms with Gasteiger partial charge >= 0.3 is 0 Å². The Morgan fingerprint density at radius 2 is 2.11 bits per heavy atom. The van der Waals surface area contributed by atoms with E-state index in [4.69, 9.17) is 17.3 Å². The van der Waals surface area contributed by atoms with Crippen LogP contribution in [0.5, 0.6) is 0 Å². The normalized spacial score (nSPS) is 12.7. The molecule has 1 heterocycles. The Morgan fingerprint density at radius 3 is 2.79 bits per heavy atom. The van der Waals surface area contributed by atoms with Gasteiger partial charge in [-0.3, -0.25) is 4.68 Å². The first kappa shape index (κ1) is 14.0. The summed E-state index contributed by atoms with van der Waals surface area (Å²) in [5, 5.41) is 3.86. The summed E-state index contributed by atoms with van der Waals surface area (Å²) >= 11 is 5.51. The summed E-state index contributed by atoms with van der Waals surface area (Å²) in [6.45, 7) is 2.78. The van der Waals surface area contributed by atoms with E-state index >= 15 is 0 Å². The Bertz CT molecular complexity index is 583. The van der Waals surface area contributed by atoms with Crippen molar-refractivity contribution < 1.29 is 8.78 Å². The number of hydrogen-bond donors (Lipinski definition) is 1. The fourth-order valence-corrected chi connectivity index (χ4v) is 2.00. The van der Waals surface area contributed by atoms with E-state index in [9.17, 15) is 8.78 Å². The molecule has 0 aliphatic carbocycles. The first-order chi connectivity index (χ1) is 9.02.